The van der Waals surface area contributed by atoms with Crippen molar-refractivity contribution in [2.45, 2.75) is 13.5 Å². The Balaban J connectivity index is 1.35. The maximum atomic E-state index is 5.45. The van der Waals surface area contributed by atoms with E-state index in [2.05, 4.69) is 69.3 Å². The highest BCUT2D eigenvalue weighted by atomic mass is 16.5. The van der Waals surface area contributed by atoms with Crippen molar-refractivity contribution in [1.29, 1.82) is 0 Å². The summed E-state index contributed by atoms with van der Waals surface area (Å²) < 4.78 is 5.45. The first-order chi connectivity index (χ1) is 12.3. The van der Waals surface area contributed by atoms with Gasteiger partial charge in [0, 0.05) is 37.4 Å². The Bertz CT molecular complexity index is 805. The van der Waals surface area contributed by atoms with E-state index in [0.29, 0.717) is 18.3 Å². The molecule has 0 atom stereocenters. The predicted octanol–water partition coefficient (Wildman–Crippen LogP) is 3.37. The third-order valence-corrected chi connectivity index (χ3v) is 4.63. The maximum absolute atomic E-state index is 5.45. The molecule has 128 valence electrons. The zero-order valence-corrected chi connectivity index (χ0v) is 14.4. The normalized spacial score (nSPS) is 15.5. The van der Waals surface area contributed by atoms with Crippen LogP contribution < -0.4 is 4.90 Å². The quantitative estimate of drug-likeness (QED) is 0.732. The highest BCUT2D eigenvalue weighted by Gasteiger charge is 2.19. The molecule has 3 aromatic rings. The lowest BCUT2D eigenvalue weighted by Gasteiger charge is -2.35. The van der Waals surface area contributed by atoms with Gasteiger partial charge >= 0.3 is 0 Å². The number of benzene rings is 2. The van der Waals surface area contributed by atoms with Crippen LogP contribution >= 0.6 is 0 Å². The first kappa shape index (κ1) is 15.8. The van der Waals surface area contributed by atoms with Gasteiger partial charge in [0.25, 0.3) is 0 Å². The summed E-state index contributed by atoms with van der Waals surface area (Å²) >= 11 is 0. The van der Waals surface area contributed by atoms with Gasteiger partial charge in [0.1, 0.15) is 0 Å². The molecular weight excluding hydrogens is 312 g/mol. The fourth-order valence-corrected chi connectivity index (χ4v) is 3.13. The molecule has 0 spiro atoms. The van der Waals surface area contributed by atoms with Crippen LogP contribution in [-0.4, -0.2) is 41.2 Å². The minimum absolute atomic E-state index is 0.665. The van der Waals surface area contributed by atoms with Crippen LogP contribution in [0.25, 0.3) is 11.4 Å². The summed E-state index contributed by atoms with van der Waals surface area (Å²) in [7, 11) is 0. The number of anilines is 1. The molecule has 0 amide bonds. The second kappa shape index (κ2) is 7.07. The van der Waals surface area contributed by atoms with Crippen LogP contribution in [-0.2, 0) is 6.54 Å². The second-order valence-corrected chi connectivity index (χ2v) is 6.48. The van der Waals surface area contributed by atoms with Gasteiger partial charge in [-0.05, 0) is 19.1 Å². The summed E-state index contributed by atoms with van der Waals surface area (Å²) in [6.07, 6.45) is 0. The number of para-hydroxylation sites is 1. The highest BCUT2D eigenvalue weighted by Crippen LogP contribution is 2.19. The Morgan fingerprint density at radius 1 is 0.920 bits per heavy atom. The van der Waals surface area contributed by atoms with Crippen LogP contribution in [0.15, 0.2) is 59.1 Å². The predicted molar refractivity (Wildman–Crippen MR) is 98.4 cm³/mol. The van der Waals surface area contributed by atoms with Crippen molar-refractivity contribution in [3.63, 3.8) is 0 Å². The van der Waals surface area contributed by atoms with E-state index < -0.39 is 0 Å². The lowest BCUT2D eigenvalue weighted by atomic mass is 10.1. The fourth-order valence-electron chi connectivity index (χ4n) is 3.13. The van der Waals surface area contributed by atoms with Gasteiger partial charge in [-0.25, -0.2) is 0 Å². The second-order valence-electron chi connectivity index (χ2n) is 6.48. The molecule has 4 rings (SSSR count). The Labute approximate surface area is 147 Å². The minimum Gasteiger partial charge on any atom is -0.369 e. The van der Waals surface area contributed by atoms with Crippen molar-refractivity contribution in [3.05, 3.63) is 66.1 Å². The van der Waals surface area contributed by atoms with Crippen molar-refractivity contribution in [3.8, 4) is 11.4 Å². The van der Waals surface area contributed by atoms with Gasteiger partial charge in [0.15, 0.2) is 0 Å². The minimum atomic E-state index is 0.665. The number of piperazine rings is 1. The van der Waals surface area contributed by atoms with Crippen molar-refractivity contribution in [2.24, 2.45) is 0 Å². The van der Waals surface area contributed by atoms with Crippen molar-refractivity contribution in [2.75, 3.05) is 31.1 Å². The summed E-state index contributed by atoms with van der Waals surface area (Å²) in [4.78, 5) is 9.33. The number of aromatic nitrogens is 2. The summed E-state index contributed by atoms with van der Waals surface area (Å²) in [6.45, 7) is 6.81. The van der Waals surface area contributed by atoms with Gasteiger partial charge in [-0.3, -0.25) is 4.90 Å². The van der Waals surface area contributed by atoms with Crippen LogP contribution in [0.5, 0.6) is 0 Å². The number of rotatable bonds is 4. The third kappa shape index (κ3) is 3.72. The first-order valence-electron chi connectivity index (χ1n) is 8.70. The smallest absolute Gasteiger partial charge is 0.241 e. The van der Waals surface area contributed by atoms with Gasteiger partial charge in [-0.15, -0.1) is 0 Å². The molecule has 1 aliphatic heterocycles. The Kier molecular flexibility index (Phi) is 4.48. The van der Waals surface area contributed by atoms with Crippen molar-refractivity contribution < 1.29 is 4.52 Å². The SMILES string of the molecule is Cc1ccc(-c2noc(CN3CCN(c4ccccc4)CC3)n2)cc1. The van der Waals surface area contributed by atoms with Crippen LogP contribution in [0.4, 0.5) is 5.69 Å². The molecule has 0 bridgehead atoms. The van der Waals surface area contributed by atoms with Crippen LogP contribution in [0.2, 0.25) is 0 Å². The van der Waals surface area contributed by atoms with E-state index in [9.17, 15) is 0 Å². The standard InChI is InChI=1S/C20H22N4O/c1-16-7-9-17(10-8-16)20-21-19(25-22-20)15-23-11-13-24(14-12-23)18-5-3-2-4-6-18/h2-10H,11-15H2,1H3. The van der Waals surface area contributed by atoms with E-state index in [1.165, 1.54) is 11.3 Å². The zero-order chi connectivity index (χ0) is 17.1. The van der Waals surface area contributed by atoms with E-state index in [4.69, 9.17) is 4.52 Å². The number of aryl methyl sites for hydroxylation is 1. The van der Waals surface area contributed by atoms with Crippen LogP contribution in [0.1, 0.15) is 11.5 Å². The summed E-state index contributed by atoms with van der Waals surface area (Å²) in [5, 5.41) is 4.12. The molecular formula is C20H22N4O. The molecule has 5 nitrogen and oxygen atoms in total. The average Bonchev–Trinajstić information content (AvgIpc) is 3.12. The van der Waals surface area contributed by atoms with E-state index in [0.717, 1.165) is 31.7 Å². The van der Waals surface area contributed by atoms with Crippen LogP contribution in [0.3, 0.4) is 0 Å². The average molecular weight is 334 g/mol. The highest BCUT2D eigenvalue weighted by molar-refractivity contribution is 5.54. The monoisotopic (exact) mass is 334 g/mol. The maximum Gasteiger partial charge on any atom is 0.241 e. The molecule has 25 heavy (non-hydrogen) atoms. The van der Waals surface area contributed by atoms with Gasteiger partial charge < -0.3 is 9.42 Å². The molecule has 0 unspecified atom stereocenters. The van der Waals surface area contributed by atoms with E-state index >= 15 is 0 Å². The lowest BCUT2D eigenvalue weighted by Crippen LogP contribution is -2.46. The molecule has 2 aromatic carbocycles. The van der Waals surface area contributed by atoms with E-state index in [1.54, 1.807) is 0 Å². The number of hydrogen-bond acceptors (Lipinski definition) is 5. The molecule has 0 aliphatic carbocycles. The van der Waals surface area contributed by atoms with Crippen molar-refractivity contribution in [1.82, 2.24) is 15.0 Å². The molecule has 1 aliphatic rings. The van der Waals surface area contributed by atoms with Gasteiger partial charge in [0.05, 0.1) is 6.54 Å². The topological polar surface area (TPSA) is 45.4 Å². The molecule has 1 saturated heterocycles. The first-order valence-corrected chi connectivity index (χ1v) is 8.70. The molecule has 1 aromatic heterocycles. The molecule has 0 saturated carbocycles. The number of hydrogen-bond donors (Lipinski definition) is 0. The largest absolute Gasteiger partial charge is 0.369 e. The molecule has 2 heterocycles. The summed E-state index contributed by atoms with van der Waals surface area (Å²) in [5.41, 5.74) is 3.51. The molecule has 1 fully saturated rings. The Hall–Kier alpha value is -2.66. The Morgan fingerprint density at radius 3 is 2.36 bits per heavy atom. The lowest BCUT2D eigenvalue weighted by molar-refractivity contribution is 0.215. The molecule has 5 heteroatoms. The van der Waals surface area contributed by atoms with Crippen molar-refractivity contribution >= 4 is 5.69 Å². The third-order valence-electron chi connectivity index (χ3n) is 4.63. The van der Waals surface area contributed by atoms with Gasteiger partial charge in [-0.1, -0.05) is 53.2 Å². The van der Waals surface area contributed by atoms with E-state index in [-0.39, 0.29) is 0 Å². The molecule has 0 radical (unpaired) electrons. The summed E-state index contributed by atoms with van der Waals surface area (Å²) in [5.74, 6) is 1.35. The van der Waals surface area contributed by atoms with Gasteiger partial charge in [-0.2, -0.15) is 4.98 Å². The molecule has 0 N–H and O–H groups in total. The van der Waals surface area contributed by atoms with E-state index in [1.807, 2.05) is 12.1 Å². The summed E-state index contributed by atoms with van der Waals surface area (Å²) in [6, 6.07) is 18.8. The fraction of sp³-hybridized carbons (Fsp3) is 0.300. The zero-order valence-electron chi connectivity index (χ0n) is 14.4. The number of nitrogens with zero attached hydrogens (tertiary/aromatic N) is 4. The van der Waals surface area contributed by atoms with Crippen LogP contribution in [0, 0.1) is 6.92 Å². The van der Waals surface area contributed by atoms with Gasteiger partial charge in [0.2, 0.25) is 11.7 Å². The Morgan fingerprint density at radius 2 is 1.64 bits per heavy atom.